The molecule has 0 atom stereocenters. The summed E-state index contributed by atoms with van der Waals surface area (Å²) in [6.07, 6.45) is 1.65. The first kappa shape index (κ1) is 19.0. The number of para-hydroxylation sites is 2. The molecule has 0 aliphatic carbocycles. The zero-order valence-electron chi connectivity index (χ0n) is 14.9. The van der Waals surface area contributed by atoms with E-state index in [1.54, 1.807) is 23.0 Å². The van der Waals surface area contributed by atoms with Crippen LogP contribution in [0.3, 0.4) is 0 Å². The van der Waals surface area contributed by atoms with Crippen molar-refractivity contribution in [3.63, 3.8) is 0 Å². The molecule has 0 unspecified atom stereocenters. The predicted octanol–water partition coefficient (Wildman–Crippen LogP) is 4.11. The van der Waals surface area contributed by atoms with Crippen LogP contribution in [0.1, 0.15) is 12.5 Å². The molecule has 2 aromatic carbocycles. The Bertz CT molecular complexity index is 911. The number of rotatable bonds is 8. The van der Waals surface area contributed by atoms with Crippen molar-refractivity contribution in [1.82, 2.24) is 9.78 Å². The zero-order valence-corrected chi connectivity index (χ0v) is 16.5. The Kier molecular flexibility index (Phi) is 6.49. The molecule has 0 saturated carbocycles. The van der Waals surface area contributed by atoms with E-state index >= 15 is 0 Å². The summed E-state index contributed by atoms with van der Waals surface area (Å²) >= 11 is 3.53. The topological polar surface area (TPSA) is 65.4 Å². The smallest absolute Gasteiger partial charge is 0.263 e. The molecule has 0 fully saturated rings. The zero-order chi connectivity index (χ0) is 19.1. The van der Waals surface area contributed by atoms with E-state index in [1.807, 2.05) is 49.4 Å². The average Bonchev–Trinajstić information content (AvgIpc) is 3.10. The van der Waals surface area contributed by atoms with Gasteiger partial charge in [0.2, 0.25) is 0 Å². The Hall–Kier alpha value is -2.80. The fourth-order valence-electron chi connectivity index (χ4n) is 2.52. The fourth-order valence-corrected chi connectivity index (χ4v) is 2.93. The van der Waals surface area contributed by atoms with Crippen molar-refractivity contribution < 1.29 is 14.3 Å². The molecule has 3 aromatic rings. The van der Waals surface area contributed by atoms with E-state index in [-0.39, 0.29) is 12.5 Å². The van der Waals surface area contributed by atoms with Crippen molar-refractivity contribution in [3.05, 3.63) is 70.8 Å². The van der Waals surface area contributed by atoms with E-state index in [4.69, 9.17) is 9.47 Å². The lowest BCUT2D eigenvalue weighted by atomic mass is 10.2. The number of carbonyl (C=O) groups excluding carboxylic acids is 1. The van der Waals surface area contributed by atoms with E-state index in [1.165, 1.54) is 0 Å². The maximum Gasteiger partial charge on any atom is 0.263 e. The van der Waals surface area contributed by atoms with Gasteiger partial charge < -0.3 is 14.8 Å². The first-order chi connectivity index (χ1) is 13.2. The van der Waals surface area contributed by atoms with Gasteiger partial charge in [0.1, 0.15) is 5.82 Å². The molecule has 0 saturated heterocycles. The van der Waals surface area contributed by atoms with Crippen molar-refractivity contribution >= 4 is 27.7 Å². The van der Waals surface area contributed by atoms with Crippen molar-refractivity contribution in [3.8, 4) is 11.5 Å². The van der Waals surface area contributed by atoms with Gasteiger partial charge in [-0.3, -0.25) is 4.79 Å². The summed E-state index contributed by atoms with van der Waals surface area (Å²) in [5, 5.41) is 7.12. The molecular weight excluding hydrogens is 410 g/mol. The van der Waals surface area contributed by atoms with E-state index < -0.39 is 0 Å². The Morgan fingerprint density at radius 2 is 1.78 bits per heavy atom. The van der Waals surface area contributed by atoms with Gasteiger partial charge >= 0.3 is 0 Å². The first-order valence-electron chi connectivity index (χ1n) is 8.57. The highest BCUT2D eigenvalue weighted by atomic mass is 79.9. The van der Waals surface area contributed by atoms with Gasteiger partial charge in [0.15, 0.2) is 18.1 Å². The number of amides is 1. The van der Waals surface area contributed by atoms with Crippen LogP contribution in [0.15, 0.2) is 65.3 Å². The Balaban J connectivity index is 1.61. The van der Waals surface area contributed by atoms with Gasteiger partial charge in [-0.1, -0.05) is 46.3 Å². The van der Waals surface area contributed by atoms with Gasteiger partial charge in [0.05, 0.1) is 19.3 Å². The van der Waals surface area contributed by atoms with Gasteiger partial charge in [0.25, 0.3) is 5.91 Å². The highest BCUT2D eigenvalue weighted by molar-refractivity contribution is 9.10. The lowest BCUT2D eigenvalue weighted by molar-refractivity contribution is -0.118. The fraction of sp³-hybridized carbons (Fsp3) is 0.200. The van der Waals surface area contributed by atoms with Crippen molar-refractivity contribution in [1.29, 1.82) is 0 Å². The van der Waals surface area contributed by atoms with Gasteiger partial charge in [-0.15, -0.1) is 0 Å². The second kappa shape index (κ2) is 9.23. The number of ether oxygens (including phenoxy) is 2. The summed E-state index contributed by atoms with van der Waals surface area (Å²) in [6, 6.07) is 16.9. The molecule has 3 rings (SSSR count). The van der Waals surface area contributed by atoms with Crippen LogP contribution in [0.25, 0.3) is 0 Å². The van der Waals surface area contributed by atoms with E-state index in [0.717, 1.165) is 10.0 Å². The number of carbonyl (C=O) groups is 1. The summed E-state index contributed by atoms with van der Waals surface area (Å²) in [5.41, 5.74) is 1.07. The largest absolute Gasteiger partial charge is 0.490 e. The SMILES string of the molecule is CCOc1ccccc1OCC(=O)Nc1ccnn1Cc1ccccc1Br. The molecule has 1 N–H and O–H groups in total. The monoisotopic (exact) mass is 429 g/mol. The van der Waals surface area contributed by atoms with Gasteiger partial charge in [-0.05, 0) is 30.7 Å². The second-order valence-corrected chi connectivity index (χ2v) is 6.54. The number of anilines is 1. The molecule has 6 nitrogen and oxygen atoms in total. The van der Waals surface area contributed by atoms with Gasteiger partial charge in [-0.2, -0.15) is 5.10 Å². The molecule has 0 spiro atoms. The van der Waals surface area contributed by atoms with E-state index in [0.29, 0.717) is 30.5 Å². The summed E-state index contributed by atoms with van der Waals surface area (Å²) in [5.74, 6) is 1.50. The number of hydrogen-bond donors (Lipinski definition) is 1. The molecule has 140 valence electrons. The Labute approximate surface area is 166 Å². The second-order valence-electron chi connectivity index (χ2n) is 5.68. The standard InChI is InChI=1S/C20H20BrN3O3/c1-2-26-17-9-5-6-10-18(17)27-14-20(25)23-19-11-12-22-24(19)13-15-7-3-4-8-16(15)21/h3-12H,2,13-14H2,1H3,(H,23,25). The van der Waals surface area contributed by atoms with Crippen LogP contribution in [0.4, 0.5) is 5.82 Å². The van der Waals surface area contributed by atoms with Crippen molar-refractivity contribution in [2.45, 2.75) is 13.5 Å². The van der Waals surface area contributed by atoms with Crippen LogP contribution in [0, 0.1) is 0 Å². The summed E-state index contributed by atoms with van der Waals surface area (Å²) in [6.45, 7) is 2.85. The molecule has 1 heterocycles. The number of aromatic nitrogens is 2. The highest BCUT2D eigenvalue weighted by Crippen LogP contribution is 2.26. The molecular formula is C20H20BrN3O3. The van der Waals surface area contributed by atoms with E-state index in [2.05, 4.69) is 26.3 Å². The molecule has 0 bridgehead atoms. The Morgan fingerprint density at radius 3 is 2.52 bits per heavy atom. The number of nitrogens with one attached hydrogen (secondary N) is 1. The van der Waals surface area contributed by atoms with Crippen LogP contribution in [0.5, 0.6) is 11.5 Å². The minimum atomic E-state index is -0.268. The minimum absolute atomic E-state index is 0.121. The van der Waals surface area contributed by atoms with Crippen LogP contribution in [0.2, 0.25) is 0 Å². The molecule has 0 aliphatic heterocycles. The minimum Gasteiger partial charge on any atom is -0.490 e. The molecule has 7 heteroatoms. The quantitative estimate of drug-likeness (QED) is 0.584. The summed E-state index contributed by atoms with van der Waals surface area (Å²) in [7, 11) is 0. The number of hydrogen-bond acceptors (Lipinski definition) is 4. The number of halogens is 1. The molecule has 1 aromatic heterocycles. The van der Waals surface area contributed by atoms with Gasteiger partial charge in [0, 0.05) is 10.5 Å². The average molecular weight is 430 g/mol. The van der Waals surface area contributed by atoms with E-state index in [9.17, 15) is 4.79 Å². The third-order valence-electron chi connectivity index (χ3n) is 3.77. The third kappa shape index (κ3) is 5.10. The molecule has 0 radical (unpaired) electrons. The normalized spacial score (nSPS) is 10.4. The highest BCUT2D eigenvalue weighted by Gasteiger charge is 2.11. The molecule has 0 aliphatic rings. The van der Waals surface area contributed by atoms with Gasteiger partial charge in [-0.25, -0.2) is 4.68 Å². The van der Waals surface area contributed by atoms with Crippen LogP contribution < -0.4 is 14.8 Å². The Morgan fingerprint density at radius 1 is 1.07 bits per heavy atom. The van der Waals surface area contributed by atoms with Crippen LogP contribution >= 0.6 is 15.9 Å². The van der Waals surface area contributed by atoms with Crippen molar-refractivity contribution in [2.24, 2.45) is 0 Å². The molecule has 1 amide bonds. The summed E-state index contributed by atoms with van der Waals surface area (Å²) < 4.78 is 13.8. The van der Waals surface area contributed by atoms with Crippen LogP contribution in [-0.4, -0.2) is 28.9 Å². The van der Waals surface area contributed by atoms with Crippen molar-refractivity contribution in [2.75, 3.05) is 18.5 Å². The van der Waals surface area contributed by atoms with Crippen LogP contribution in [-0.2, 0) is 11.3 Å². The lowest BCUT2D eigenvalue weighted by Gasteiger charge is -2.12. The lowest BCUT2D eigenvalue weighted by Crippen LogP contribution is -2.22. The number of nitrogens with zero attached hydrogens (tertiary/aromatic N) is 2. The third-order valence-corrected chi connectivity index (χ3v) is 4.54. The maximum absolute atomic E-state index is 12.3. The first-order valence-corrected chi connectivity index (χ1v) is 9.36. The maximum atomic E-state index is 12.3. The molecule has 27 heavy (non-hydrogen) atoms. The number of benzene rings is 2. The summed E-state index contributed by atoms with van der Waals surface area (Å²) in [4.78, 5) is 12.3. The predicted molar refractivity (Wildman–Crippen MR) is 107 cm³/mol.